The number of nitrogens with zero attached hydrogens (tertiary/aromatic N) is 1. The van der Waals surface area contributed by atoms with Gasteiger partial charge < -0.3 is 0 Å². The molecule has 2 rings (SSSR count). The van der Waals surface area contributed by atoms with E-state index in [0.717, 1.165) is 22.8 Å². The van der Waals surface area contributed by atoms with Gasteiger partial charge in [-0.25, -0.2) is 0 Å². The molecule has 0 aromatic rings. The zero-order valence-electron chi connectivity index (χ0n) is 18.7. The summed E-state index contributed by atoms with van der Waals surface area (Å²) in [6.45, 7) is 4.57. The monoisotopic (exact) mass is 423 g/mol. The summed E-state index contributed by atoms with van der Waals surface area (Å²) in [5.41, 5.74) is 0.0216. The molecule has 2 fully saturated rings. The van der Waals surface area contributed by atoms with Gasteiger partial charge in [0.25, 0.3) is 0 Å². The van der Waals surface area contributed by atoms with Crippen molar-refractivity contribution in [3.8, 4) is 6.07 Å². The van der Waals surface area contributed by atoms with Crippen molar-refractivity contribution in [1.82, 2.24) is 0 Å². The van der Waals surface area contributed by atoms with Crippen molar-refractivity contribution in [3.63, 3.8) is 0 Å². The predicted octanol–water partition coefficient (Wildman–Crippen LogP) is 8.83. The average Bonchev–Trinajstić information content (AvgIpc) is 2.74. The molecule has 1 saturated heterocycles. The molecule has 0 spiro atoms. The van der Waals surface area contributed by atoms with Crippen molar-refractivity contribution in [2.75, 3.05) is 11.5 Å². The second kappa shape index (κ2) is 14.2. The van der Waals surface area contributed by atoms with Gasteiger partial charge in [0.2, 0.25) is 0 Å². The number of hydrogen-bond donors (Lipinski definition) is 0. The summed E-state index contributed by atoms with van der Waals surface area (Å²) in [6, 6.07) is 2.76. The zero-order chi connectivity index (χ0) is 20.1. The van der Waals surface area contributed by atoms with Gasteiger partial charge in [0.1, 0.15) is 0 Å². The van der Waals surface area contributed by atoms with Crippen LogP contribution in [0.5, 0.6) is 0 Å². The van der Waals surface area contributed by atoms with Crippen LogP contribution in [0, 0.1) is 28.6 Å². The minimum absolute atomic E-state index is 0.0216. The van der Waals surface area contributed by atoms with Gasteiger partial charge in [0.15, 0.2) is 0 Å². The number of rotatable bonds is 13. The number of hydrogen-bond acceptors (Lipinski definition) is 3. The van der Waals surface area contributed by atoms with Crippen molar-refractivity contribution < 1.29 is 0 Å². The Morgan fingerprint density at radius 1 is 0.821 bits per heavy atom. The molecule has 0 bridgehead atoms. The fourth-order valence-electron chi connectivity index (χ4n) is 4.98. The quantitative estimate of drug-likeness (QED) is 0.276. The third kappa shape index (κ3) is 8.51. The molecular formula is C25H45NS2. The zero-order valence-corrected chi connectivity index (χ0v) is 20.4. The van der Waals surface area contributed by atoms with E-state index in [9.17, 15) is 5.26 Å². The molecule has 0 amide bonds. The Balaban J connectivity index is 1.62. The Labute approximate surface area is 184 Å². The second-order valence-corrected chi connectivity index (χ2v) is 12.1. The molecule has 1 nitrogen and oxygen atoms in total. The van der Waals surface area contributed by atoms with Gasteiger partial charge in [0.05, 0.1) is 16.1 Å². The molecular weight excluding hydrogens is 378 g/mol. The fourth-order valence-corrected chi connectivity index (χ4v) is 8.57. The van der Waals surface area contributed by atoms with Crippen LogP contribution in [0.3, 0.4) is 0 Å². The van der Waals surface area contributed by atoms with Crippen molar-refractivity contribution in [1.29, 1.82) is 5.26 Å². The second-order valence-electron chi connectivity index (χ2n) is 9.50. The third-order valence-electron chi connectivity index (χ3n) is 7.08. The average molecular weight is 424 g/mol. The normalized spacial score (nSPS) is 30.8. The van der Waals surface area contributed by atoms with Crippen LogP contribution in [-0.4, -0.2) is 16.1 Å². The first-order chi connectivity index (χ1) is 13.7. The van der Waals surface area contributed by atoms with Gasteiger partial charge >= 0.3 is 0 Å². The summed E-state index contributed by atoms with van der Waals surface area (Å²) >= 11 is 4.52. The molecule has 2 aliphatic rings. The first-order valence-electron chi connectivity index (χ1n) is 12.4. The van der Waals surface area contributed by atoms with E-state index in [2.05, 4.69) is 43.4 Å². The Bertz CT molecular complexity index is 428. The van der Waals surface area contributed by atoms with Gasteiger partial charge in [-0.3, -0.25) is 0 Å². The lowest BCUT2D eigenvalue weighted by molar-refractivity contribution is 0.199. The van der Waals surface area contributed by atoms with Crippen LogP contribution < -0.4 is 0 Å². The molecule has 28 heavy (non-hydrogen) atoms. The molecule has 3 heteroatoms. The lowest BCUT2D eigenvalue weighted by Gasteiger charge is -2.40. The van der Waals surface area contributed by atoms with Crippen LogP contribution in [0.2, 0.25) is 0 Å². The SMILES string of the molecule is CCCCCCCC1CSC(C2CCC(C#N)(CCCCCCC)CC2)SC1. The third-order valence-corrected chi connectivity index (χ3v) is 10.6. The van der Waals surface area contributed by atoms with Crippen molar-refractivity contribution >= 4 is 23.5 Å². The standard InChI is InChI=1S/C25H45NS2/c1-3-5-7-9-11-13-22-19-27-24(28-20-22)23-14-17-25(21-26,18-15-23)16-12-10-8-6-4-2/h22-24H,3-20H2,1-2H3. The van der Waals surface area contributed by atoms with E-state index in [4.69, 9.17) is 0 Å². The Hall–Kier alpha value is 0.190. The molecule has 1 heterocycles. The highest BCUT2D eigenvalue weighted by molar-refractivity contribution is 8.17. The fraction of sp³-hybridized carbons (Fsp3) is 0.960. The van der Waals surface area contributed by atoms with E-state index in [1.807, 2.05) is 0 Å². The van der Waals surface area contributed by atoms with E-state index in [1.54, 1.807) is 0 Å². The summed E-state index contributed by atoms with van der Waals surface area (Å²) in [4.78, 5) is 0. The summed E-state index contributed by atoms with van der Waals surface area (Å²) in [5.74, 6) is 4.60. The highest BCUT2D eigenvalue weighted by Gasteiger charge is 2.38. The van der Waals surface area contributed by atoms with Crippen molar-refractivity contribution in [3.05, 3.63) is 0 Å². The number of unbranched alkanes of at least 4 members (excludes halogenated alkanes) is 8. The Morgan fingerprint density at radius 2 is 1.39 bits per heavy atom. The van der Waals surface area contributed by atoms with Gasteiger partial charge in [-0.15, -0.1) is 23.5 Å². The van der Waals surface area contributed by atoms with E-state index in [1.165, 1.54) is 108 Å². The number of thioether (sulfide) groups is 2. The van der Waals surface area contributed by atoms with Gasteiger partial charge in [-0.05, 0) is 61.9 Å². The molecule has 1 aliphatic carbocycles. The van der Waals surface area contributed by atoms with Crippen LogP contribution in [0.15, 0.2) is 0 Å². The Kier molecular flexibility index (Phi) is 12.4. The maximum Gasteiger partial charge on any atom is 0.0689 e. The van der Waals surface area contributed by atoms with Crippen LogP contribution in [-0.2, 0) is 0 Å². The van der Waals surface area contributed by atoms with E-state index < -0.39 is 0 Å². The molecule has 0 aromatic carbocycles. The van der Waals surface area contributed by atoms with Gasteiger partial charge in [-0.1, -0.05) is 78.1 Å². The summed E-state index contributed by atoms with van der Waals surface area (Å²) < 4.78 is 0.817. The smallest absolute Gasteiger partial charge is 0.0689 e. The maximum atomic E-state index is 9.85. The lowest BCUT2D eigenvalue weighted by Crippen LogP contribution is -2.31. The molecule has 1 aliphatic heterocycles. The largest absolute Gasteiger partial charge is 0.198 e. The van der Waals surface area contributed by atoms with Crippen molar-refractivity contribution in [2.45, 2.75) is 121 Å². The minimum Gasteiger partial charge on any atom is -0.198 e. The highest BCUT2D eigenvalue weighted by Crippen LogP contribution is 2.49. The van der Waals surface area contributed by atoms with E-state index in [0.29, 0.717) is 0 Å². The summed E-state index contributed by atoms with van der Waals surface area (Å²) in [5, 5.41) is 9.85. The predicted molar refractivity (Wildman–Crippen MR) is 129 cm³/mol. The lowest BCUT2D eigenvalue weighted by atomic mass is 9.69. The van der Waals surface area contributed by atoms with Crippen LogP contribution in [0.4, 0.5) is 0 Å². The topological polar surface area (TPSA) is 23.8 Å². The van der Waals surface area contributed by atoms with E-state index in [-0.39, 0.29) is 5.41 Å². The molecule has 0 unspecified atom stereocenters. The Morgan fingerprint density at radius 3 is 1.96 bits per heavy atom. The molecule has 162 valence electrons. The van der Waals surface area contributed by atoms with Gasteiger partial charge in [0, 0.05) is 0 Å². The number of nitriles is 1. The van der Waals surface area contributed by atoms with Crippen LogP contribution in [0.1, 0.15) is 117 Å². The first kappa shape index (κ1) is 24.5. The molecule has 0 radical (unpaired) electrons. The molecule has 0 aromatic heterocycles. The summed E-state index contributed by atoms with van der Waals surface area (Å²) in [6.07, 6.45) is 21.3. The first-order valence-corrected chi connectivity index (χ1v) is 14.5. The van der Waals surface area contributed by atoms with Crippen LogP contribution >= 0.6 is 23.5 Å². The summed E-state index contributed by atoms with van der Waals surface area (Å²) in [7, 11) is 0. The van der Waals surface area contributed by atoms with Gasteiger partial charge in [-0.2, -0.15) is 5.26 Å². The molecule has 1 saturated carbocycles. The highest BCUT2D eigenvalue weighted by atomic mass is 32.2. The molecule has 0 N–H and O–H groups in total. The van der Waals surface area contributed by atoms with Crippen molar-refractivity contribution in [2.24, 2.45) is 17.3 Å². The molecule has 0 atom stereocenters. The minimum atomic E-state index is 0.0216. The van der Waals surface area contributed by atoms with E-state index >= 15 is 0 Å². The maximum absolute atomic E-state index is 9.85. The van der Waals surface area contributed by atoms with Crippen LogP contribution in [0.25, 0.3) is 0 Å².